The molecule has 0 amide bonds. The van der Waals surface area contributed by atoms with Crippen molar-refractivity contribution in [2.45, 2.75) is 34.1 Å². The molecule has 0 atom stereocenters. The zero-order chi connectivity index (χ0) is 28.4. The number of fused-ring (bicyclic) bond motifs is 5. The summed E-state index contributed by atoms with van der Waals surface area (Å²) in [6, 6.07) is 34.8. The predicted molar refractivity (Wildman–Crippen MR) is 167 cm³/mol. The third-order valence-electron chi connectivity index (χ3n) is 6.90. The maximum absolute atomic E-state index is 6.45. The molecule has 0 unspecified atom stereocenters. The fraction of sp³-hybridized carbons (Fsp3) is 0.162. The van der Waals surface area contributed by atoms with E-state index in [0.717, 1.165) is 67.3 Å². The molecule has 211 valence electrons. The van der Waals surface area contributed by atoms with Crippen molar-refractivity contribution in [1.29, 1.82) is 0 Å². The molecule has 0 saturated carbocycles. The summed E-state index contributed by atoms with van der Waals surface area (Å²) in [5.41, 5.74) is 8.03. The molecule has 4 aromatic heterocycles. The van der Waals surface area contributed by atoms with Crippen molar-refractivity contribution < 1.29 is 24.5 Å². The van der Waals surface area contributed by atoms with Crippen molar-refractivity contribution in [3.8, 4) is 22.5 Å². The summed E-state index contributed by atoms with van der Waals surface area (Å²) in [5, 5.41) is 4.37. The fourth-order valence-corrected chi connectivity index (χ4v) is 5.12. The van der Waals surface area contributed by atoms with Crippen LogP contribution in [0.25, 0.3) is 55.2 Å². The van der Waals surface area contributed by atoms with Gasteiger partial charge in [-0.2, -0.15) is 0 Å². The van der Waals surface area contributed by atoms with Gasteiger partial charge in [0.1, 0.15) is 5.58 Å². The first-order valence-corrected chi connectivity index (χ1v) is 13.8. The van der Waals surface area contributed by atoms with Crippen LogP contribution in [0.3, 0.4) is 0 Å². The van der Waals surface area contributed by atoms with E-state index in [2.05, 4.69) is 84.3 Å². The summed E-state index contributed by atoms with van der Waals surface area (Å²) in [6.07, 6.45) is 6.57. The molecular weight excluding hydrogens is 695 g/mol. The fourth-order valence-electron chi connectivity index (χ4n) is 5.12. The number of aryl methyl sites for hydroxylation is 1. The maximum atomic E-state index is 6.45. The van der Waals surface area contributed by atoms with Crippen LogP contribution in [-0.2, 0) is 26.5 Å². The monoisotopic (exact) mass is 726 g/mol. The Morgan fingerprint density at radius 3 is 2.29 bits per heavy atom. The molecule has 0 aliphatic carbocycles. The first-order valence-electron chi connectivity index (χ1n) is 13.8. The minimum atomic E-state index is 0. The zero-order valence-corrected chi connectivity index (χ0v) is 26.5. The van der Waals surface area contributed by atoms with Crippen LogP contribution in [0.4, 0.5) is 0 Å². The molecule has 0 saturated heterocycles. The molecule has 1 radical (unpaired) electrons. The van der Waals surface area contributed by atoms with E-state index in [-0.39, 0.29) is 25.5 Å². The topological polar surface area (TPSA) is 51.8 Å². The van der Waals surface area contributed by atoms with E-state index in [1.165, 1.54) is 5.56 Å². The Morgan fingerprint density at radius 1 is 0.714 bits per heavy atom. The van der Waals surface area contributed by atoms with Gasteiger partial charge in [-0.3, -0.25) is 4.98 Å². The maximum Gasteiger partial charge on any atom is 0.128 e. The predicted octanol–water partition coefficient (Wildman–Crippen LogP) is 9.44. The Morgan fingerprint density at radius 2 is 1.52 bits per heavy atom. The zero-order valence-electron chi connectivity index (χ0n) is 24.1. The first kappa shape index (κ1) is 29.3. The second kappa shape index (κ2) is 12.4. The van der Waals surface area contributed by atoms with Gasteiger partial charge >= 0.3 is 0 Å². The summed E-state index contributed by atoms with van der Waals surface area (Å²) >= 11 is 0. The van der Waals surface area contributed by atoms with Gasteiger partial charge in [-0.25, -0.2) is 0 Å². The van der Waals surface area contributed by atoms with Crippen molar-refractivity contribution in [2.75, 3.05) is 0 Å². The van der Waals surface area contributed by atoms with E-state index in [9.17, 15) is 0 Å². The Balaban J connectivity index is 0.000000228. The summed E-state index contributed by atoms with van der Waals surface area (Å²) in [6.45, 7) is 8.76. The Hall–Kier alpha value is -4.18. The number of nitrogens with zero attached hydrogens (tertiary/aromatic N) is 3. The van der Waals surface area contributed by atoms with Gasteiger partial charge in [0.05, 0.1) is 5.58 Å². The van der Waals surface area contributed by atoms with Crippen LogP contribution in [0, 0.1) is 24.5 Å². The molecule has 4 heterocycles. The molecule has 4 nitrogen and oxygen atoms in total. The van der Waals surface area contributed by atoms with Gasteiger partial charge in [-0.05, 0) is 48.3 Å². The Bertz CT molecular complexity index is 1920. The van der Waals surface area contributed by atoms with Crippen LogP contribution in [0.1, 0.15) is 32.0 Å². The van der Waals surface area contributed by atoms with E-state index in [4.69, 9.17) is 4.42 Å². The second-order valence-corrected chi connectivity index (χ2v) is 11.5. The molecule has 0 fully saturated rings. The smallest absolute Gasteiger partial charge is 0.128 e. The second-order valence-electron chi connectivity index (χ2n) is 11.5. The molecule has 0 aliphatic heterocycles. The third kappa shape index (κ3) is 6.33. The van der Waals surface area contributed by atoms with Crippen molar-refractivity contribution in [3.05, 3.63) is 127 Å². The molecule has 7 aromatic rings. The minimum Gasteiger partial charge on any atom is -0.500 e. The molecule has 7 rings (SSSR count). The number of benzene rings is 3. The summed E-state index contributed by atoms with van der Waals surface area (Å²) in [7, 11) is 0. The van der Waals surface area contributed by atoms with Crippen LogP contribution < -0.4 is 0 Å². The van der Waals surface area contributed by atoms with Crippen molar-refractivity contribution >= 4 is 32.7 Å². The third-order valence-corrected chi connectivity index (χ3v) is 6.90. The van der Waals surface area contributed by atoms with Crippen molar-refractivity contribution in [2.24, 2.45) is 5.41 Å². The van der Waals surface area contributed by atoms with Gasteiger partial charge in [0.15, 0.2) is 0 Å². The number of pyridine rings is 3. The molecular formula is C37H31IrN3O-2. The molecule has 42 heavy (non-hydrogen) atoms. The quantitative estimate of drug-likeness (QED) is 0.171. The SMILES string of the molecule is Cc1cc2c(ccc3c4cc[c-]c(-c5cc(CC(C)(C)C)ccn5)c4oc23)cn1.[Ir].[c-]1ccccc1-c1ccccn1. The normalized spacial score (nSPS) is 11.2. The largest absolute Gasteiger partial charge is 0.500 e. The molecule has 0 N–H and O–H groups in total. The molecule has 5 heteroatoms. The van der Waals surface area contributed by atoms with Gasteiger partial charge in [-0.1, -0.05) is 67.6 Å². The van der Waals surface area contributed by atoms with Crippen molar-refractivity contribution in [3.63, 3.8) is 0 Å². The number of hydrogen-bond donors (Lipinski definition) is 0. The van der Waals surface area contributed by atoms with Crippen molar-refractivity contribution in [1.82, 2.24) is 15.0 Å². The summed E-state index contributed by atoms with van der Waals surface area (Å²) in [4.78, 5) is 13.3. The number of rotatable bonds is 3. The average molecular weight is 726 g/mol. The van der Waals surface area contributed by atoms with E-state index in [1.54, 1.807) is 6.20 Å². The van der Waals surface area contributed by atoms with Gasteiger partial charge in [0.2, 0.25) is 0 Å². The van der Waals surface area contributed by atoms with Crippen LogP contribution in [-0.4, -0.2) is 15.0 Å². The van der Waals surface area contributed by atoms with Crippen LogP contribution >= 0.6 is 0 Å². The van der Waals surface area contributed by atoms with Gasteiger partial charge in [0.25, 0.3) is 0 Å². The van der Waals surface area contributed by atoms with Gasteiger partial charge < -0.3 is 14.4 Å². The minimum absolute atomic E-state index is 0. The Kier molecular flexibility index (Phi) is 8.63. The van der Waals surface area contributed by atoms with E-state index in [0.29, 0.717) is 0 Å². The molecule has 3 aromatic carbocycles. The van der Waals surface area contributed by atoms with E-state index in [1.807, 2.05) is 67.8 Å². The van der Waals surface area contributed by atoms with Crippen LogP contribution in [0.15, 0.2) is 108 Å². The van der Waals surface area contributed by atoms with Gasteiger partial charge in [0, 0.05) is 60.5 Å². The molecule has 0 aliphatic rings. The summed E-state index contributed by atoms with van der Waals surface area (Å²) < 4.78 is 6.45. The standard InChI is InChI=1S/C26H23N2O.C11H8N.Ir/c1-16-12-22-18(15-28-16)8-9-20-19-6-5-7-21(24(19)29-25(20)22)23-13-17(10-11-27-23)14-26(2,3)4;1-2-6-10(7-3-1)11-8-4-5-9-12-11;/h5-6,8-13,15H,14H2,1-4H3;1-6,8-9H;/q2*-1;. The van der Waals surface area contributed by atoms with E-state index < -0.39 is 0 Å². The number of furan rings is 1. The average Bonchev–Trinajstić information content (AvgIpc) is 3.37. The molecule has 0 bridgehead atoms. The molecule has 0 spiro atoms. The number of aromatic nitrogens is 3. The number of hydrogen-bond acceptors (Lipinski definition) is 4. The van der Waals surface area contributed by atoms with Crippen LogP contribution in [0.5, 0.6) is 0 Å². The van der Waals surface area contributed by atoms with Gasteiger partial charge in [-0.15, -0.1) is 54.1 Å². The van der Waals surface area contributed by atoms with E-state index >= 15 is 0 Å². The Labute approximate surface area is 260 Å². The summed E-state index contributed by atoms with van der Waals surface area (Å²) in [5.74, 6) is 0. The first-order chi connectivity index (χ1) is 19.9. The van der Waals surface area contributed by atoms with Crippen LogP contribution in [0.2, 0.25) is 0 Å².